The van der Waals surface area contributed by atoms with Crippen molar-refractivity contribution >= 4 is 23.8 Å². The van der Waals surface area contributed by atoms with Crippen LogP contribution < -0.4 is 9.64 Å². The minimum absolute atomic E-state index is 0. The summed E-state index contributed by atoms with van der Waals surface area (Å²) < 4.78 is 9.95. The van der Waals surface area contributed by atoms with Gasteiger partial charge in [-0.25, -0.2) is 0 Å². The van der Waals surface area contributed by atoms with Crippen molar-refractivity contribution in [2.24, 2.45) is 0 Å². The van der Waals surface area contributed by atoms with Crippen LogP contribution in [-0.4, -0.2) is 44.5 Å². The average molecular weight is 610 g/mol. The Morgan fingerprint density at radius 2 is 1.76 bits per heavy atom. The maximum absolute atomic E-state index is 11.2. The summed E-state index contributed by atoms with van der Waals surface area (Å²) in [7, 11) is 5.02. The number of carbonyl (C=O) groups is 1. The molecule has 0 saturated carbocycles. The number of carbonyl (C=O) groups excluding carboxylic acids is 1. The van der Waals surface area contributed by atoms with Crippen LogP contribution >= 0.6 is 0 Å². The van der Waals surface area contributed by atoms with Gasteiger partial charge in [-0.2, -0.15) is 5.26 Å². The van der Waals surface area contributed by atoms with Gasteiger partial charge in [-0.3, -0.25) is 10.2 Å². The van der Waals surface area contributed by atoms with Gasteiger partial charge in [-0.15, -0.1) is 0 Å². The molecule has 219 valence electrons. The third-order valence-electron chi connectivity index (χ3n) is 7.03. The van der Waals surface area contributed by atoms with Crippen LogP contribution in [0.4, 0.5) is 5.69 Å². The number of anilines is 1. The second-order valence-electron chi connectivity index (χ2n) is 9.60. The van der Waals surface area contributed by atoms with Gasteiger partial charge in [0.15, 0.2) is 5.92 Å². The van der Waals surface area contributed by atoms with Crippen LogP contribution in [0.2, 0.25) is 0 Å². The monoisotopic (exact) mass is 609 g/mol. The summed E-state index contributed by atoms with van der Waals surface area (Å²) in [5, 5.41) is 31.9. The van der Waals surface area contributed by atoms with E-state index < -0.39 is 17.8 Å². The first-order chi connectivity index (χ1) is 19.7. The molecule has 9 heteroatoms. The molecule has 4 rings (SSSR count). The number of allylic oxidation sites excluding steroid dienone is 4. The van der Waals surface area contributed by atoms with Crippen LogP contribution in [0.3, 0.4) is 0 Å². The molecule has 3 N–H and O–H groups in total. The van der Waals surface area contributed by atoms with E-state index in [0.29, 0.717) is 11.1 Å². The number of nitriles is 1. The van der Waals surface area contributed by atoms with Crippen LogP contribution in [0.15, 0.2) is 96.7 Å². The molecule has 1 aliphatic heterocycles. The van der Waals surface area contributed by atoms with Gasteiger partial charge in [0.1, 0.15) is 5.75 Å². The SMILES string of the molecule is COC(=O)C(C#N)c1ccc(C(=N)O)cc1.COc1ccc2c(c1)C(C)(Cc1ccccc1)/C(=C/C=C/C=N)N2C.[Co]. The van der Waals surface area contributed by atoms with Gasteiger partial charge in [-0.05, 0) is 72.5 Å². The van der Waals surface area contributed by atoms with Crippen molar-refractivity contribution in [3.05, 3.63) is 119 Å². The van der Waals surface area contributed by atoms with Gasteiger partial charge in [0.05, 0.1) is 20.3 Å². The van der Waals surface area contributed by atoms with Crippen LogP contribution in [0.25, 0.3) is 0 Å². The average Bonchev–Trinajstić information content (AvgIpc) is 3.19. The fourth-order valence-electron chi connectivity index (χ4n) is 4.92. The van der Waals surface area contributed by atoms with Gasteiger partial charge in [0, 0.05) is 52.4 Å². The molecule has 2 atom stereocenters. The van der Waals surface area contributed by atoms with Crippen LogP contribution in [0.5, 0.6) is 5.75 Å². The molecule has 0 amide bonds. The Morgan fingerprint density at radius 1 is 1.10 bits per heavy atom. The molecule has 0 fully saturated rings. The Kier molecular flexibility index (Phi) is 12.3. The number of rotatable bonds is 8. The predicted octanol–water partition coefficient (Wildman–Crippen LogP) is 6.08. The zero-order valence-corrected chi connectivity index (χ0v) is 25.0. The van der Waals surface area contributed by atoms with E-state index in [2.05, 4.69) is 66.1 Å². The largest absolute Gasteiger partial charge is 0.497 e. The van der Waals surface area contributed by atoms with Crippen LogP contribution in [-0.2, 0) is 38.1 Å². The maximum atomic E-state index is 11.2. The van der Waals surface area contributed by atoms with Crippen molar-refractivity contribution in [1.82, 2.24) is 0 Å². The van der Waals surface area contributed by atoms with Crippen LogP contribution in [0.1, 0.15) is 35.1 Å². The summed E-state index contributed by atoms with van der Waals surface area (Å²) in [4.78, 5) is 13.5. The first-order valence-electron chi connectivity index (χ1n) is 12.9. The van der Waals surface area contributed by atoms with E-state index >= 15 is 0 Å². The third kappa shape index (κ3) is 7.54. The molecule has 0 saturated heterocycles. The molecule has 0 spiro atoms. The maximum Gasteiger partial charge on any atom is 0.327 e. The molecular formula is C33H34CoN4O4. The first kappa shape index (κ1) is 33.6. The van der Waals surface area contributed by atoms with Gasteiger partial charge < -0.3 is 24.9 Å². The number of likely N-dealkylation sites (N-methyl/N-ethyl adjacent to an activating group) is 1. The van der Waals surface area contributed by atoms with E-state index in [0.717, 1.165) is 12.2 Å². The minimum atomic E-state index is -0.980. The molecule has 1 heterocycles. The van der Waals surface area contributed by atoms with Gasteiger partial charge >= 0.3 is 5.97 Å². The van der Waals surface area contributed by atoms with E-state index in [4.69, 9.17) is 25.9 Å². The normalized spacial score (nSPS) is 16.7. The Bertz CT molecular complexity index is 1500. The number of nitrogens with zero attached hydrogens (tertiary/aromatic N) is 2. The summed E-state index contributed by atoms with van der Waals surface area (Å²) in [6.07, 6.45) is 8.00. The number of esters is 1. The Morgan fingerprint density at radius 3 is 2.31 bits per heavy atom. The predicted molar refractivity (Wildman–Crippen MR) is 161 cm³/mol. The van der Waals surface area contributed by atoms with Crippen LogP contribution in [0, 0.1) is 22.1 Å². The van der Waals surface area contributed by atoms with Crippen molar-refractivity contribution < 1.29 is 36.2 Å². The van der Waals surface area contributed by atoms with Crippen molar-refractivity contribution in [3.63, 3.8) is 0 Å². The van der Waals surface area contributed by atoms with Gasteiger partial charge in [-0.1, -0.05) is 48.5 Å². The standard InChI is InChI=1S/C22H24N2O.C11H10N2O3.Co/c1-22(16-17-9-5-4-6-10-17)19-15-18(25-3)12-13-20(19)24(2)21(22)11-7-8-14-23;1-16-11(15)9(6-12)7-2-4-8(5-3-7)10(13)14;/h4-15,23H,16H2,1-3H3;2-5,9H,1H3,(H2,13,14);/b8-7+,21-11-,23-14?;;. The smallest absolute Gasteiger partial charge is 0.327 e. The Labute approximate surface area is 257 Å². The number of hydrogen-bond donors (Lipinski definition) is 3. The second kappa shape index (κ2) is 15.4. The Hall–Kier alpha value is -4.65. The summed E-state index contributed by atoms with van der Waals surface area (Å²) >= 11 is 0. The van der Waals surface area contributed by atoms with E-state index in [1.807, 2.05) is 24.3 Å². The fourth-order valence-corrected chi connectivity index (χ4v) is 4.92. The second-order valence-corrected chi connectivity index (χ2v) is 9.60. The summed E-state index contributed by atoms with van der Waals surface area (Å²) in [6, 6.07) is 24.6. The number of benzene rings is 3. The zero-order valence-electron chi connectivity index (χ0n) is 23.9. The quantitative estimate of drug-likeness (QED) is 0.161. The molecule has 0 bridgehead atoms. The Balaban J connectivity index is 0.000000316. The van der Waals surface area contributed by atoms with Gasteiger partial charge in [0.2, 0.25) is 5.90 Å². The number of nitrogens with one attached hydrogen (secondary N) is 2. The molecule has 3 aromatic rings. The molecule has 1 aliphatic rings. The first-order valence-corrected chi connectivity index (χ1v) is 12.9. The molecule has 42 heavy (non-hydrogen) atoms. The molecule has 0 aromatic heterocycles. The van der Waals surface area contributed by atoms with E-state index in [-0.39, 0.29) is 22.2 Å². The molecule has 3 aromatic carbocycles. The minimum Gasteiger partial charge on any atom is -0.497 e. The number of methoxy groups -OCH3 is 2. The van der Waals surface area contributed by atoms with Gasteiger partial charge in [0.25, 0.3) is 0 Å². The number of fused-ring (bicyclic) bond motifs is 1. The molecule has 0 aliphatic carbocycles. The van der Waals surface area contributed by atoms with Crippen molar-refractivity contribution in [2.45, 2.75) is 24.7 Å². The van der Waals surface area contributed by atoms with Crippen molar-refractivity contribution in [1.29, 1.82) is 16.1 Å². The summed E-state index contributed by atoms with van der Waals surface area (Å²) in [6.45, 7) is 2.28. The molecule has 8 nitrogen and oxygen atoms in total. The molecule has 2 unspecified atom stereocenters. The number of hydrogen-bond acceptors (Lipinski definition) is 7. The van der Waals surface area contributed by atoms with E-state index in [9.17, 15) is 4.79 Å². The fraction of sp³-hybridized carbons (Fsp3) is 0.212. The molecular weight excluding hydrogens is 575 g/mol. The summed E-state index contributed by atoms with van der Waals surface area (Å²) in [5.41, 5.74) is 5.63. The third-order valence-corrected chi connectivity index (χ3v) is 7.03. The summed E-state index contributed by atoms with van der Waals surface area (Å²) in [5.74, 6) is -1.29. The number of aliphatic hydroxyl groups excluding tert-OH is 1. The van der Waals surface area contributed by atoms with Crippen molar-refractivity contribution in [3.8, 4) is 11.8 Å². The van der Waals surface area contributed by atoms with Crippen molar-refractivity contribution in [2.75, 3.05) is 26.2 Å². The number of aliphatic hydroxyl groups is 1. The van der Waals surface area contributed by atoms with E-state index in [1.165, 1.54) is 60.1 Å². The molecule has 1 radical (unpaired) electrons. The number of ether oxygens (including phenoxy) is 2. The zero-order chi connectivity index (χ0) is 30.0. The van der Waals surface area contributed by atoms with E-state index in [1.54, 1.807) is 13.2 Å². The topological polar surface area (TPSA) is 130 Å².